The standard InChI is InChI=1S/C14H19F2NO2/c1-2-17-13(10-5-6-18-8-10)9-19-14-4-3-11(15)7-12(14)16/h3-4,7,10,13,17H,2,5-6,8-9H2,1H3. The van der Waals surface area contributed by atoms with Crippen LogP contribution in [0.2, 0.25) is 0 Å². The molecule has 0 amide bonds. The molecule has 1 N–H and O–H groups in total. The van der Waals surface area contributed by atoms with Gasteiger partial charge in [0.2, 0.25) is 0 Å². The average molecular weight is 271 g/mol. The highest BCUT2D eigenvalue weighted by Crippen LogP contribution is 2.21. The lowest BCUT2D eigenvalue weighted by atomic mass is 10.00. The normalized spacial score (nSPS) is 20.5. The molecule has 19 heavy (non-hydrogen) atoms. The van der Waals surface area contributed by atoms with Gasteiger partial charge in [0.25, 0.3) is 0 Å². The fourth-order valence-corrected chi connectivity index (χ4v) is 2.27. The molecule has 106 valence electrons. The molecule has 2 rings (SSSR count). The lowest BCUT2D eigenvalue weighted by Gasteiger charge is -2.23. The van der Waals surface area contributed by atoms with Crippen LogP contribution in [-0.4, -0.2) is 32.4 Å². The van der Waals surface area contributed by atoms with Gasteiger partial charge in [0, 0.05) is 24.6 Å². The van der Waals surface area contributed by atoms with Gasteiger partial charge >= 0.3 is 0 Å². The van der Waals surface area contributed by atoms with Crippen molar-refractivity contribution >= 4 is 0 Å². The third-order valence-electron chi connectivity index (χ3n) is 3.31. The SMILES string of the molecule is CCNC(COc1ccc(F)cc1F)C1CCOC1. The molecule has 1 aromatic carbocycles. The van der Waals surface area contributed by atoms with Crippen LogP contribution in [0.25, 0.3) is 0 Å². The molecule has 1 aliphatic rings. The second-order valence-corrected chi connectivity index (χ2v) is 4.67. The van der Waals surface area contributed by atoms with Gasteiger partial charge in [-0.3, -0.25) is 0 Å². The lowest BCUT2D eigenvalue weighted by molar-refractivity contribution is 0.159. The molecule has 3 nitrogen and oxygen atoms in total. The lowest BCUT2D eigenvalue weighted by Crippen LogP contribution is -2.41. The van der Waals surface area contributed by atoms with Crippen molar-refractivity contribution in [3.05, 3.63) is 29.8 Å². The molecule has 2 unspecified atom stereocenters. The third-order valence-corrected chi connectivity index (χ3v) is 3.31. The molecule has 1 aliphatic heterocycles. The minimum atomic E-state index is -0.669. The number of hydrogen-bond donors (Lipinski definition) is 1. The zero-order chi connectivity index (χ0) is 13.7. The van der Waals surface area contributed by atoms with Gasteiger partial charge in [-0.1, -0.05) is 6.92 Å². The number of rotatable bonds is 6. The summed E-state index contributed by atoms with van der Waals surface area (Å²) in [5.74, 6) is -0.804. The quantitative estimate of drug-likeness (QED) is 0.861. The Balaban J connectivity index is 1.93. The molecule has 0 radical (unpaired) electrons. The Labute approximate surface area is 111 Å². The van der Waals surface area contributed by atoms with E-state index in [0.717, 1.165) is 25.6 Å². The molecule has 5 heteroatoms. The van der Waals surface area contributed by atoms with Crippen molar-refractivity contribution in [2.45, 2.75) is 19.4 Å². The molecule has 1 fully saturated rings. The van der Waals surface area contributed by atoms with Crippen LogP contribution >= 0.6 is 0 Å². The third kappa shape index (κ3) is 3.88. The molecule has 0 spiro atoms. The number of benzene rings is 1. The van der Waals surface area contributed by atoms with Crippen LogP contribution in [0.4, 0.5) is 8.78 Å². The smallest absolute Gasteiger partial charge is 0.167 e. The van der Waals surface area contributed by atoms with Crippen LogP contribution in [0, 0.1) is 17.6 Å². The van der Waals surface area contributed by atoms with E-state index in [1.54, 1.807) is 0 Å². The summed E-state index contributed by atoms with van der Waals surface area (Å²) in [5.41, 5.74) is 0. The van der Waals surface area contributed by atoms with Crippen molar-refractivity contribution in [2.75, 3.05) is 26.4 Å². The molecule has 0 aromatic heterocycles. The maximum atomic E-state index is 13.5. The summed E-state index contributed by atoms with van der Waals surface area (Å²) in [7, 11) is 0. The first kappa shape index (κ1) is 14.2. The van der Waals surface area contributed by atoms with E-state index >= 15 is 0 Å². The van der Waals surface area contributed by atoms with Gasteiger partial charge < -0.3 is 14.8 Å². The Hall–Kier alpha value is -1.20. The van der Waals surface area contributed by atoms with Gasteiger partial charge in [0.05, 0.1) is 6.61 Å². The number of ether oxygens (including phenoxy) is 2. The van der Waals surface area contributed by atoms with Gasteiger partial charge in [-0.05, 0) is 25.1 Å². The van der Waals surface area contributed by atoms with Crippen LogP contribution in [0.1, 0.15) is 13.3 Å². The van der Waals surface area contributed by atoms with Crippen molar-refractivity contribution in [1.29, 1.82) is 0 Å². The van der Waals surface area contributed by atoms with E-state index in [-0.39, 0.29) is 11.8 Å². The Kier molecular flexibility index (Phi) is 5.10. The van der Waals surface area contributed by atoms with E-state index in [2.05, 4.69) is 5.32 Å². The van der Waals surface area contributed by atoms with Crippen molar-refractivity contribution < 1.29 is 18.3 Å². The Bertz CT molecular complexity index is 408. The topological polar surface area (TPSA) is 30.5 Å². The van der Waals surface area contributed by atoms with E-state index in [1.807, 2.05) is 6.92 Å². The maximum absolute atomic E-state index is 13.5. The predicted octanol–water partition coefficient (Wildman–Crippen LogP) is 2.36. The number of likely N-dealkylation sites (N-methyl/N-ethyl adjacent to an activating group) is 1. The Morgan fingerprint density at radius 1 is 1.47 bits per heavy atom. The van der Waals surface area contributed by atoms with Gasteiger partial charge in [0.1, 0.15) is 12.4 Å². The summed E-state index contributed by atoms with van der Waals surface area (Å²) >= 11 is 0. The van der Waals surface area contributed by atoms with Crippen molar-refractivity contribution in [3.63, 3.8) is 0 Å². The van der Waals surface area contributed by atoms with Crippen LogP contribution in [0.5, 0.6) is 5.75 Å². The fourth-order valence-electron chi connectivity index (χ4n) is 2.27. The summed E-state index contributed by atoms with van der Waals surface area (Å²) in [6.07, 6.45) is 0.979. The number of halogens is 2. The van der Waals surface area contributed by atoms with E-state index in [0.29, 0.717) is 19.1 Å². The van der Waals surface area contributed by atoms with Crippen molar-refractivity contribution in [1.82, 2.24) is 5.32 Å². The Morgan fingerprint density at radius 2 is 2.32 bits per heavy atom. The minimum Gasteiger partial charge on any atom is -0.489 e. The number of hydrogen-bond acceptors (Lipinski definition) is 3. The average Bonchev–Trinajstić information content (AvgIpc) is 2.90. The molecule has 0 bridgehead atoms. The minimum absolute atomic E-state index is 0.0863. The predicted molar refractivity (Wildman–Crippen MR) is 68.2 cm³/mol. The number of nitrogens with one attached hydrogen (secondary N) is 1. The van der Waals surface area contributed by atoms with Gasteiger partial charge in [0.15, 0.2) is 11.6 Å². The van der Waals surface area contributed by atoms with Crippen LogP contribution < -0.4 is 10.1 Å². The van der Waals surface area contributed by atoms with Gasteiger partial charge in [-0.25, -0.2) is 8.78 Å². The van der Waals surface area contributed by atoms with E-state index < -0.39 is 11.6 Å². The molecule has 0 aliphatic carbocycles. The molecular weight excluding hydrogens is 252 g/mol. The first-order valence-electron chi connectivity index (χ1n) is 6.59. The highest BCUT2D eigenvalue weighted by molar-refractivity contribution is 5.24. The first-order valence-corrected chi connectivity index (χ1v) is 6.59. The maximum Gasteiger partial charge on any atom is 0.167 e. The fraction of sp³-hybridized carbons (Fsp3) is 0.571. The second kappa shape index (κ2) is 6.82. The summed E-state index contributed by atoms with van der Waals surface area (Å²) in [6, 6.07) is 3.46. The molecule has 1 saturated heterocycles. The molecule has 2 atom stereocenters. The van der Waals surface area contributed by atoms with Crippen LogP contribution in [-0.2, 0) is 4.74 Å². The molecular formula is C14H19F2NO2. The second-order valence-electron chi connectivity index (χ2n) is 4.67. The zero-order valence-corrected chi connectivity index (χ0v) is 11.0. The largest absolute Gasteiger partial charge is 0.489 e. The van der Waals surface area contributed by atoms with E-state index in [1.165, 1.54) is 12.1 Å². The van der Waals surface area contributed by atoms with Crippen molar-refractivity contribution in [2.24, 2.45) is 5.92 Å². The molecule has 1 heterocycles. The molecule has 0 saturated carbocycles. The molecule has 1 aromatic rings. The summed E-state index contributed by atoms with van der Waals surface area (Å²) in [6.45, 7) is 4.65. The van der Waals surface area contributed by atoms with E-state index in [9.17, 15) is 8.78 Å². The summed E-state index contributed by atoms with van der Waals surface area (Å²) in [4.78, 5) is 0. The monoisotopic (exact) mass is 271 g/mol. The zero-order valence-electron chi connectivity index (χ0n) is 11.0. The van der Waals surface area contributed by atoms with Gasteiger partial charge in [-0.15, -0.1) is 0 Å². The summed E-state index contributed by atoms with van der Waals surface area (Å²) in [5, 5.41) is 3.32. The summed E-state index contributed by atoms with van der Waals surface area (Å²) < 4.78 is 37.1. The highest BCUT2D eigenvalue weighted by atomic mass is 19.1. The van der Waals surface area contributed by atoms with Gasteiger partial charge in [-0.2, -0.15) is 0 Å². The van der Waals surface area contributed by atoms with Crippen LogP contribution in [0.15, 0.2) is 18.2 Å². The van der Waals surface area contributed by atoms with E-state index in [4.69, 9.17) is 9.47 Å². The highest BCUT2D eigenvalue weighted by Gasteiger charge is 2.25. The van der Waals surface area contributed by atoms with Crippen molar-refractivity contribution in [3.8, 4) is 5.75 Å². The van der Waals surface area contributed by atoms with Crippen LogP contribution in [0.3, 0.4) is 0 Å². The first-order chi connectivity index (χ1) is 9.20. The Morgan fingerprint density at radius 3 is 2.95 bits per heavy atom.